The SMILES string of the molecule is CO[C@H]1CO[C@@]2(CCN(Cc3ccc(Cl)c(F)c3)C2)C1.O=C(O)C(F)(F)F. The molecule has 152 valence electrons. The smallest absolute Gasteiger partial charge is 0.475 e. The number of hydrogen-bond acceptors (Lipinski definition) is 4. The zero-order chi connectivity index (χ0) is 20.2. The lowest BCUT2D eigenvalue weighted by molar-refractivity contribution is -0.192. The topological polar surface area (TPSA) is 59.0 Å². The van der Waals surface area contributed by atoms with Crippen molar-refractivity contribution >= 4 is 17.6 Å². The molecule has 1 aromatic rings. The Balaban J connectivity index is 0.000000321. The summed E-state index contributed by atoms with van der Waals surface area (Å²) in [4.78, 5) is 11.2. The van der Waals surface area contributed by atoms with Crippen molar-refractivity contribution in [3.05, 3.63) is 34.6 Å². The Kier molecular flexibility index (Phi) is 7.07. The third kappa shape index (κ3) is 6.03. The molecular formula is C17H20ClF4NO4. The summed E-state index contributed by atoms with van der Waals surface area (Å²) >= 11 is 5.71. The van der Waals surface area contributed by atoms with E-state index < -0.39 is 12.1 Å². The molecule has 0 aliphatic carbocycles. The minimum absolute atomic E-state index is 0.0638. The molecule has 0 bridgehead atoms. The molecule has 2 fully saturated rings. The number of carbonyl (C=O) groups is 1. The summed E-state index contributed by atoms with van der Waals surface area (Å²) in [6.45, 7) is 3.27. The van der Waals surface area contributed by atoms with Gasteiger partial charge < -0.3 is 14.6 Å². The van der Waals surface area contributed by atoms with Crippen LogP contribution in [0.5, 0.6) is 0 Å². The Morgan fingerprint density at radius 1 is 1.48 bits per heavy atom. The van der Waals surface area contributed by atoms with E-state index in [-0.39, 0.29) is 22.5 Å². The Morgan fingerprint density at radius 2 is 2.15 bits per heavy atom. The number of likely N-dealkylation sites (tertiary alicyclic amines) is 1. The Hall–Kier alpha value is -1.42. The average Bonchev–Trinajstić information content (AvgIpc) is 3.17. The van der Waals surface area contributed by atoms with Gasteiger partial charge in [-0.15, -0.1) is 0 Å². The Labute approximate surface area is 158 Å². The largest absolute Gasteiger partial charge is 0.490 e. The van der Waals surface area contributed by atoms with E-state index in [2.05, 4.69) is 4.90 Å². The van der Waals surface area contributed by atoms with Crippen LogP contribution in [-0.4, -0.2) is 60.7 Å². The number of aliphatic carboxylic acids is 1. The van der Waals surface area contributed by atoms with Gasteiger partial charge in [0.05, 0.1) is 23.3 Å². The van der Waals surface area contributed by atoms with Gasteiger partial charge in [0.1, 0.15) is 5.82 Å². The van der Waals surface area contributed by atoms with Crippen LogP contribution in [-0.2, 0) is 20.8 Å². The van der Waals surface area contributed by atoms with Crippen LogP contribution in [0.15, 0.2) is 18.2 Å². The molecule has 1 N–H and O–H groups in total. The van der Waals surface area contributed by atoms with E-state index >= 15 is 0 Å². The summed E-state index contributed by atoms with van der Waals surface area (Å²) in [6, 6.07) is 5.01. The predicted octanol–water partition coefficient (Wildman–Crippen LogP) is 3.49. The van der Waals surface area contributed by atoms with Crippen molar-refractivity contribution < 1.29 is 36.9 Å². The van der Waals surface area contributed by atoms with Crippen molar-refractivity contribution in [1.82, 2.24) is 4.90 Å². The summed E-state index contributed by atoms with van der Waals surface area (Å²) in [6.07, 6.45) is -2.90. The quantitative estimate of drug-likeness (QED) is 0.769. The second-order valence-corrected chi connectivity index (χ2v) is 6.98. The number of ether oxygens (including phenoxy) is 2. The van der Waals surface area contributed by atoms with Crippen LogP contribution in [0, 0.1) is 5.82 Å². The van der Waals surface area contributed by atoms with Gasteiger partial charge in [-0.3, -0.25) is 4.90 Å². The average molecular weight is 414 g/mol. The number of carboxylic acid groups (broad SMARTS) is 1. The van der Waals surface area contributed by atoms with Crippen molar-refractivity contribution in [3.8, 4) is 0 Å². The maximum absolute atomic E-state index is 13.5. The number of benzene rings is 1. The Morgan fingerprint density at radius 3 is 2.67 bits per heavy atom. The predicted molar refractivity (Wildman–Crippen MR) is 89.1 cm³/mol. The number of carboxylic acids is 1. The highest BCUT2D eigenvalue weighted by Gasteiger charge is 2.45. The molecule has 2 aliphatic heterocycles. The molecule has 2 saturated heterocycles. The molecule has 2 atom stereocenters. The van der Waals surface area contributed by atoms with Crippen molar-refractivity contribution in [3.63, 3.8) is 0 Å². The van der Waals surface area contributed by atoms with E-state index in [4.69, 9.17) is 31.0 Å². The first-order valence-electron chi connectivity index (χ1n) is 8.18. The molecule has 0 saturated carbocycles. The fourth-order valence-corrected chi connectivity index (χ4v) is 3.31. The molecular weight excluding hydrogens is 394 g/mol. The zero-order valence-corrected chi connectivity index (χ0v) is 15.3. The molecule has 5 nitrogen and oxygen atoms in total. The fraction of sp³-hybridized carbons (Fsp3) is 0.588. The highest BCUT2D eigenvalue weighted by molar-refractivity contribution is 6.30. The van der Waals surface area contributed by atoms with E-state index in [1.165, 1.54) is 6.07 Å². The van der Waals surface area contributed by atoms with Crippen molar-refractivity contribution in [2.75, 3.05) is 26.8 Å². The molecule has 1 aromatic carbocycles. The molecule has 0 aromatic heterocycles. The lowest BCUT2D eigenvalue weighted by atomic mass is 9.98. The number of rotatable bonds is 3. The summed E-state index contributed by atoms with van der Waals surface area (Å²) < 4.78 is 56.5. The van der Waals surface area contributed by atoms with Gasteiger partial charge in [-0.05, 0) is 24.1 Å². The van der Waals surface area contributed by atoms with Crippen molar-refractivity contribution in [1.29, 1.82) is 0 Å². The molecule has 2 heterocycles. The van der Waals surface area contributed by atoms with Gasteiger partial charge in [0.15, 0.2) is 0 Å². The van der Waals surface area contributed by atoms with Crippen molar-refractivity contribution in [2.24, 2.45) is 0 Å². The molecule has 0 radical (unpaired) electrons. The summed E-state index contributed by atoms with van der Waals surface area (Å²) in [5.74, 6) is -3.11. The number of methoxy groups -OCH3 is 1. The van der Waals surface area contributed by atoms with E-state index in [0.717, 1.165) is 38.0 Å². The van der Waals surface area contributed by atoms with Crippen LogP contribution in [0.2, 0.25) is 5.02 Å². The maximum Gasteiger partial charge on any atom is 0.490 e. The molecule has 0 amide bonds. The standard InChI is InChI=1S/C15H19ClFNO2.C2HF3O2/c1-19-12-7-15(20-9-12)4-5-18(10-15)8-11-2-3-13(16)14(17)6-11;3-2(4,5)1(6)7/h2-3,6,12H,4-5,7-10H2,1H3;(H,6,7)/t12-,15+;/m1./s1. The third-order valence-corrected chi connectivity index (χ3v) is 4.84. The highest BCUT2D eigenvalue weighted by Crippen LogP contribution is 2.36. The zero-order valence-electron chi connectivity index (χ0n) is 14.6. The van der Waals surface area contributed by atoms with Crippen LogP contribution >= 0.6 is 11.6 Å². The van der Waals surface area contributed by atoms with Crippen molar-refractivity contribution in [2.45, 2.75) is 37.3 Å². The molecule has 0 unspecified atom stereocenters. The monoisotopic (exact) mass is 413 g/mol. The minimum Gasteiger partial charge on any atom is -0.475 e. The molecule has 1 spiro atoms. The second-order valence-electron chi connectivity index (χ2n) is 6.57. The first kappa shape index (κ1) is 21.9. The van der Waals surface area contributed by atoms with Crippen LogP contribution in [0.1, 0.15) is 18.4 Å². The van der Waals surface area contributed by atoms with Crippen LogP contribution in [0.4, 0.5) is 17.6 Å². The van der Waals surface area contributed by atoms with Gasteiger partial charge >= 0.3 is 12.1 Å². The number of nitrogens with zero attached hydrogens (tertiary/aromatic N) is 1. The maximum atomic E-state index is 13.5. The number of hydrogen-bond donors (Lipinski definition) is 1. The lowest BCUT2D eigenvalue weighted by Gasteiger charge is -2.23. The molecule has 2 aliphatic rings. The van der Waals surface area contributed by atoms with Crippen LogP contribution in [0.3, 0.4) is 0 Å². The van der Waals surface area contributed by atoms with Crippen LogP contribution in [0.25, 0.3) is 0 Å². The summed E-state index contributed by atoms with van der Waals surface area (Å²) in [7, 11) is 1.73. The van der Waals surface area contributed by atoms with Gasteiger partial charge in [0.2, 0.25) is 0 Å². The van der Waals surface area contributed by atoms with Gasteiger partial charge in [-0.25, -0.2) is 9.18 Å². The second kappa shape index (κ2) is 8.72. The fourth-order valence-electron chi connectivity index (χ4n) is 3.20. The van der Waals surface area contributed by atoms with E-state index in [1.807, 2.05) is 6.07 Å². The van der Waals surface area contributed by atoms with Gasteiger partial charge in [0, 0.05) is 33.2 Å². The first-order valence-corrected chi connectivity index (χ1v) is 8.55. The first-order chi connectivity index (χ1) is 12.5. The van der Waals surface area contributed by atoms with Crippen LogP contribution < -0.4 is 0 Å². The van der Waals surface area contributed by atoms with Gasteiger partial charge in [-0.1, -0.05) is 17.7 Å². The normalized spacial score (nSPS) is 25.5. The molecule has 27 heavy (non-hydrogen) atoms. The van der Waals surface area contributed by atoms with Gasteiger partial charge in [-0.2, -0.15) is 13.2 Å². The van der Waals surface area contributed by atoms with Gasteiger partial charge in [0.25, 0.3) is 0 Å². The number of halogens is 5. The molecule has 10 heteroatoms. The number of alkyl halides is 3. The third-order valence-electron chi connectivity index (χ3n) is 4.54. The minimum atomic E-state index is -5.08. The van der Waals surface area contributed by atoms with E-state index in [9.17, 15) is 17.6 Å². The molecule has 3 rings (SSSR count). The highest BCUT2D eigenvalue weighted by atomic mass is 35.5. The lowest BCUT2D eigenvalue weighted by Crippen LogP contribution is -2.32. The summed E-state index contributed by atoms with van der Waals surface area (Å²) in [5.41, 5.74) is 0.885. The Bertz CT molecular complexity index is 673. The summed E-state index contributed by atoms with van der Waals surface area (Å²) in [5, 5.41) is 7.30. The van der Waals surface area contributed by atoms with E-state index in [0.29, 0.717) is 6.61 Å². The van der Waals surface area contributed by atoms with E-state index in [1.54, 1.807) is 13.2 Å².